The minimum atomic E-state index is -0.0820. The van der Waals surface area contributed by atoms with Gasteiger partial charge in [0, 0.05) is 19.2 Å². The van der Waals surface area contributed by atoms with Crippen molar-refractivity contribution >= 4 is 23.2 Å². The fraction of sp³-hybridized carbons (Fsp3) is 0.143. The number of hydrogen-bond acceptors (Lipinski definition) is 3. The Balaban J connectivity index is 1.96. The first-order valence-electron chi connectivity index (χ1n) is 5.85. The van der Waals surface area contributed by atoms with E-state index in [9.17, 15) is 4.79 Å². The number of rotatable bonds is 4. The molecule has 0 aliphatic carbocycles. The van der Waals surface area contributed by atoms with Gasteiger partial charge in [0.05, 0.1) is 11.9 Å². The minimum absolute atomic E-state index is 0.0820. The van der Waals surface area contributed by atoms with Crippen LogP contribution < -0.4 is 10.6 Å². The molecule has 0 unspecified atom stereocenters. The molecule has 0 atom stereocenters. The number of anilines is 1. The Kier molecular flexibility index (Phi) is 4.36. The number of nitrogens with zero attached hydrogens (tertiary/aromatic N) is 1. The lowest BCUT2D eigenvalue weighted by Crippen LogP contribution is -2.17. The number of carbonyl (C=O) groups is 1. The molecule has 4 nitrogen and oxygen atoms in total. The van der Waals surface area contributed by atoms with Gasteiger partial charge in [0.15, 0.2) is 0 Å². The van der Waals surface area contributed by atoms with E-state index in [1.54, 1.807) is 31.4 Å². The number of benzene rings is 1. The van der Waals surface area contributed by atoms with Crippen LogP contribution in [-0.4, -0.2) is 17.9 Å². The summed E-state index contributed by atoms with van der Waals surface area (Å²) in [6.45, 7) is 0.664. The monoisotopic (exact) mass is 275 g/mol. The molecule has 1 amide bonds. The third-order valence-corrected chi connectivity index (χ3v) is 2.89. The lowest BCUT2D eigenvalue weighted by Gasteiger charge is -2.07. The van der Waals surface area contributed by atoms with Gasteiger partial charge in [-0.25, -0.2) is 4.98 Å². The van der Waals surface area contributed by atoms with Gasteiger partial charge in [-0.05, 0) is 29.8 Å². The third kappa shape index (κ3) is 3.69. The van der Waals surface area contributed by atoms with Crippen LogP contribution in [0.25, 0.3) is 0 Å². The fourth-order valence-corrected chi connectivity index (χ4v) is 1.71. The van der Waals surface area contributed by atoms with E-state index in [-0.39, 0.29) is 5.91 Å². The topological polar surface area (TPSA) is 54.0 Å². The highest BCUT2D eigenvalue weighted by Gasteiger charge is 2.02. The molecule has 0 saturated heterocycles. The van der Waals surface area contributed by atoms with Crippen LogP contribution in [0.1, 0.15) is 15.9 Å². The first kappa shape index (κ1) is 13.4. The summed E-state index contributed by atoms with van der Waals surface area (Å²) in [6, 6.07) is 11.0. The van der Waals surface area contributed by atoms with Crippen molar-refractivity contribution in [1.82, 2.24) is 10.3 Å². The first-order valence-corrected chi connectivity index (χ1v) is 6.23. The summed E-state index contributed by atoms with van der Waals surface area (Å²) in [5, 5.41) is 6.29. The average Bonchev–Trinajstić information content (AvgIpc) is 2.46. The zero-order chi connectivity index (χ0) is 13.7. The van der Waals surface area contributed by atoms with Crippen molar-refractivity contribution < 1.29 is 4.79 Å². The molecule has 0 spiro atoms. The standard InChI is InChI=1S/C14H14ClN3O/c1-16-14(19)11-4-2-10(3-5-11)8-17-12-6-7-13(15)18-9-12/h2-7,9,17H,8H2,1H3,(H,16,19). The average molecular weight is 276 g/mol. The molecular weight excluding hydrogens is 262 g/mol. The molecule has 0 aliphatic rings. The maximum atomic E-state index is 11.4. The molecule has 0 aliphatic heterocycles. The lowest BCUT2D eigenvalue weighted by atomic mass is 10.1. The van der Waals surface area contributed by atoms with Crippen molar-refractivity contribution in [3.8, 4) is 0 Å². The molecule has 2 N–H and O–H groups in total. The molecule has 1 heterocycles. The SMILES string of the molecule is CNC(=O)c1ccc(CNc2ccc(Cl)nc2)cc1. The molecule has 0 fully saturated rings. The number of amides is 1. The minimum Gasteiger partial charge on any atom is -0.380 e. The number of halogens is 1. The van der Waals surface area contributed by atoms with Crippen LogP contribution >= 0.6 is 11.6 Å². The molecular formula is C14H14ClN3O. The van der Waals surface area contributed by atoms with E-state index in [0.717, 1.165) is 11.3 Å². The van der Waals surface area contributed by atoms with Crippen molar-refractivity contribution in [1.29, 1.82) is 0 Å². The van der Waals surface area contributed by atoms with Crippen LogP contribution in [0.2, 0.25) is 5.15 Å². The van der Waals surface area contributed by atoms with Gasteiger partial charge in [0.2, 0.25) is 0 Å². The molecule has 98 valence electrons. The van der Waals surface area contributed by atoms with Crippen LogP contribution in [0.15, 0.2) is 42.6 Å². The second kappa shape index (κ2) is 6.20. The highest BCUT2D eigenvalue weighted by molar-refractivity contribution is 6.29. The highest BCUT2D eigenvalue weighted by atomic mass is 35.5. The number of nitrogens with one attached hydrogen (secondary N) is 2. The Hall–Kier alpha value is -2.07. The van der Waals surface area contributed by atoms with Gasteiger partial charge in [-0.1, -0.05) is 23.7 Å². The van der Waals surface area contributed by atoms with Gasteiger partial charge in [-0.2, -0.15) is 0 Å². The number of hydrogen-bond donors (Lipinski definition) is 2. The summed E-state index contributed by atoms with van der Waals surface area (Å²) in [7, 11) is 1.62. The maximum absolute atomic E-state index is 11.4. The summed E-state index contributed by atoms with van der Waals surface area (Å²) in [5.41, 5.74) is 2.64. The van der Waals surface area contributed by atoms with Crippen LogP contribution in [0.4, 0.5) is 5.69 Å². The summed E-state index contributed by atoms with van der Waals surface area (Å²) in [6.07, 6.45) is 1.68. The van der Waals surface area contributed by atoms with E-state index in [2.05, 4.69) is 15.6 Å². The van der Waals surface area contributed by atoms with E-state index in [1.165, 1.54) is 0 Å². The Bertz CT molecular complexity index is 552. The van der Waals surface area contributed by atoms with Crippen molar-refractivity contribution in [3.63, 3.8) is 0 Å². The van der Waals surface area contributed by atoms with Gasteiger partial charge < -0.3 is 10.6 Å². The quantitative estimate of drug-likeness (QED) is 0.844. The summed E-state index contributed by atoms with van der Waals surface area (Å²) >= 11 is 5.71. The smallest absolute Gasteiger partial charge is 0.251 e. The van der Waals surface area contributed by atoms with Gasteiger partial charge in [0.25, 0.3) is 5.91 Å². The predicted molar refractivity (Wildman–Crippen MR) is 76.4 cm³/mol. The molecule has 2 aromatic rings. The van der Waals surface area contributed by atoms with Crippen molar-refractivity contribution in [2.45, 2.75) is 6.54 Å². The summed E-state index contributed by atoms with van der Waals surface area (Å²) in [5.74, 6) is -0.0820. The number of carbonyl (C=O) groups excluding carboxylic acids is 1. The van der Waals surface area contributed by atoms with Gasteiger partial charge >= 0.3 is 0 Å². The summed E-state index contributed by atoms with van der Waals surface area (Å²) < 4.78 is 0. The van der Waals surface area contributed by atoms with Gasteiger partial charge in [-0.15, -0.1) is 0 Å². The van der Waals surface area contributed by atoms with Crippen molar-refractivity contribution in [3.05, 3.63) is 58.9 Å². The first-order chi connectivity index (χ1) is 9.19. The van der Waals surface area contributed by atoms with Crippen molar-refractivity contribution in [2.75, 3.05) is 12.4 Å². The van der Waals surface area contributed by atoms with Gasteiger partial charge in [0.1, 0.15) is 5.15 Å². The third-order valence-electron chi connectivity index (χ3n) is 2.67. The molecule has 2 rings (SSSR count). The zero-order valence-corrected chi connectivity index (χ0v) is 11.2. The van der Waals surface area contributed by atoms with Crippen LogP contribution in [0.5, 0.6) is 0 Å². The Morgan fingerprint density at radius 1 is 1.21 bits per heavy atom. The van der Waals surface area contributed by atoms with E-state index in [0.29, 0.717) is 17.3 Å². The lowest BCUT2D eigenvalue weighted by molar-refractivity contribution is 0.0963. The Labute approximate surface area is 116 Å². The van der Waals surface area contributed by atoms with E-state index < -0.39 is 0 Å². The number of pyridine rings is 1. The molecule has 0 bridgehead atoms. The largest absolute Gasteiger partial charge is 0.380 e. The maximum Gasteiger partial charge on any atom is 0.251 e. The predicted octanol–water partition coefficient (Wildman–Crippen LogP) is 2.71. The van der Waals surface area contributed by atoms with Crippen LogP contribution in [0, 0.1) is 0 Å². The number of aromatic nitrogens is 1. The second-order valence-corrected chi connectivity index (χ2v) is 4.39. The normalized spacial score (nSPS) is 10.0. The van der Waals surface area contributed by atoms with Crippen LogP contribution in [0.3, 0.4) is 0 Å². The van der Waals surface area contributed by atoms with Crippen LogP contribution in [-0.2, 0) is 6.54 Å². The molecule has 5 heteroatoms. The molecule has 1 aromatic heterocycles. The Morgan fingerprint density at radius 3 is 2.53 bits per heavy atom. The van der Waals surface area contributed by atoms with E-state index in [4.69, 9.17) is 11.6 Å². The van der Waals surface area contributed by atoms with E-state index in [1.807, 2.05) is 18.2 Å². The van der Waals surface area contributed by atoms with Crippen molar-refractivity contribution in [2.24, 2.45) is 0 Å². The Morgan fingerprint density at radius 2 is 1.95 bits per heavy atom. The van der Waals surface area contributed by atoms with E-state index >= 15 is 0 Å². The molecule has 1 aromatic carbocycles. The fourth-order valence-electron chi connectivity index (χ4n) is 1.60. The highest BCUT2D eigenvalue weighted by Crippen LogP contribution is 2.12. The second-order valence-electron chi connectivity index (χ2n) is 4.00. The van der Waals surface area contributed by atoms with Gasteiger partial charge in [-0.3, -0.25) is 4.79 Å². The summed E-state index contributed by atoms with van der Waals surface area (Å²) in [4.78, 5) is 15.4. The molecule has 19 heavy (non-hydrogen) atoms. The zero-order valence-electron chi connectivity index (χ0n) is 10.5. The molecule has 0 radical (unpaired) electrons. The molecule has 0 saturated carbocycles.